The molecule has 0 rings (SSSR count). The van der Waals surface area contributed by atoms with Crippen LogP contribution in [0.25, 0.3) is 0 Å². The van der Waals surface area contributed by atoms with Gasteiger partial charge in [-0.15, -0.1) is 0 Å². The summed E-state index contributed by atoms with van der Waals surface area (Å²) in [6.07, 6.45) is 2.54. The van der Waals surface area contributed by atoms with Crippen molar-refractivity contribution in [3.8, 4) is 0 Å². The zero-order valence-electron chi connectivity index (χ0n) is 41.2. The molecule has 58 heavy (non-hydrogen) atoms. The lowest BCUT2D eigenvalue weighted by Crippen LogP contribution is -2.55. The van der Waals surface area contributed by atoms with Gasteiger partial charge in [0.2, 0.25) is 0 Å². The number of hydrogen-bond acceptors (Lipinski definition) is 8. The summed E-state index contributed by atoms with van der Waals surface area (Å²) >= 11 is 0. The van der Waals surface area contributed by atoms with E-state index in [4.69, 9.17) is 22.4 Å². The Labute approximate surface area is 362 Å². The average Bonchev–Trinajstić information content (AvgIpc) is 3.14. The van der Waals surface area contributed by atoms with E-state index in [1.54, 1.807) is 0 Å². The Morgan fingerprint density at radius 1 is 0.724 bits per heavy atom. The number of Topliss-reactive ketones (excluding diaryl/α,β-unsaturated/α-hetero) is 1. The molecule has 0 fully saturated rings. The number of carbonyl (C=O) groups excluding carboxylic acids is 2. The largest absolute Gasteiger partial charge is 0.466 e. The van der Waals surface area contributed by atoms with Crippen molar-refractivity contribution in [3.63, 3.8) is 0 Å². The molecule has 0 unspecified atom stereocenters. The zero-order chi connectivity index (χ0) is 45.1. The second-order valence-corrected chi connectivity index (χ2v) is 37.5. The van der Waals surface area contributed by atoms with Crippen molar-refractivity contribution >= 4 is 45.0 Å². The summed E-state index contributed by atoms with van der Waals surface area (Å²) in [5.74, 6) is -0.0416. The molecule has 0 aromatic carbocycles. The zero-order valence-corrected chi connectivity index (χ0v) is 45.2. The van der Waals surface area contributed by atoms with Crippen LogP contribution in [0.1, 0.15) is 136 Å². The molecule has 0 aliphatic rings. The first-order valence-electron chi connectivity index (χ1n) is 23.3. The van der Waals surface area contributed by atoms with Crippen LogP contribution in [0.5, 0.6) is 0 Å². The van der Waals surface area contributed by atoms with Gasteiger partial charge in [0.15, 0.2) is 39.1 Å². The molecule has 0 aliphatic carbocycles. The van der Waals surface area contributed by atoms with E-state index in [9.17, 15) is 9.90 Å². The number of hydrogen-bond donors (Lipinski definition) is 1. The molecule has 7 atom stereocenters. The minimum absolute atomic E-state index is 0.0118. The third-order valence-electron chi connectivity index (χ3n) is 13.3. The Morgan fingerprint density at radius 3 is 1.62 bits per heavy atom. The molecule has 8 nitrogen and oxygen atoms in total. The second kappa shape index (κ2) is 26.7. The van der Waals surface area contributed by atoms with Crippen LogP contribution in [-0.2, 0) is 32.0 Å². The third-order valence-corrected chi connectivity index (χ3v) is 28.4. The summed E-state index contributed by atoms with van der Waals surface area (Å²) in [4.78, 5) is 26.4. The van der Waals surface area contributed by atoms with Gasteiger partial charge >= 0.3 is 5.97 Å². The number of rotatable bonds is 33. The molecular weight excluding hydrogens is 793 g/mol. The van der Waals surface area contributed by atoms with Crippen molar-refractivity contribution in [2.24, 2.45) is 11.8 Å². The molecule has 0 aliphatic heterocycles. The molecule has 1 N–H and O–H groups in total. The van der Waals surface area contributed by atoms with Crippen LogP contribution in [-0.4, -0.2) is 86.8 Å². The van der Waals surface area contributed by atoms with Gasteiger partial charge in [-0.2, -0.15) is 0 Å². The molecule has 12 heteroatoms. The maximum Gasteiger partial charge on any atom is 0.302 e. The van der Waals surface area contributed by atoms with Crippen molar-refractivity contribution in [3.05, 3.63) is 23.8 Å². The van der Waals surface area contributed by atoms with Gasteiger partial charge in [0, 0.05) is 25.9 Å². The Kier molecular flexibility index (Phi) is 26.4. The number of allylic oxidation sites excluding steroid dienone is 2. The molecule has 0 saturated carbocycles. The number of aliphatic hydroxyl groups is 1. The fourth-order valence-corrected chi connectivity index (χ4v) is 18.9. The molecule has 342 valence electrons. The first-order chi connectivity index (χ1) is 26.9. The minimum atomic E-state index is -2.30. The fraction of sp³-hybridized carbons (Fsp3) is 0.870. The molecule has 0 amide bonds. The summed E-state index contributed by atoms with van der Waals surface area (Å²) in [5.41, 5.74) is 1.17. The van der Waals surface area contributed by atoms with Crippen LogP contribution in [0, 0.1) is 11.8 Å². The molecule has 0 aromatic heterocycles. The summed E-state index contributed by atoms with van der Waals surface area (Å²) in [7, 11) is -8.45. The summed E-state index contributed by atoms with van der Waals surface area (Å²) < 4.78 is 33.8. The maximum atomic E-state index is 15.1. The Hall–Kier alpha value is -0.712. The monoisotopic (exact) mass is 887 g/mol. The van der Waals surface area contributed by atoms with E-state index in [-0.39, 0.29) is 42.5 Å². The number of ether oxygens (including phenoxy) is 1. The van der Waals surface area contributed by atoms with Crippen molar-refractivity contribution in [1.82, 2.24) is 0 Å². The first-order valence-corrected chi connectivity index (χ1v) is 34.3. The lowest BCUT2D eigenvalue weighted by molar-refractivity contribution is -0.141. The van der Waals surface area contributed by atoms with Gasteiger partial charge < -0.3 is 27.5 Å². The van der Waals surface area contributed by atoms with Crippen LogP contribution in [0.4, 0.5) is 0 Å². The Balaban J connectivity index is 7.16. The Morgan fingerprint density at radius 2 is 1.19 bits per heavy atom. The van der Waals surface area contributed by atoms with E-state index in [1.807, 2.05) is 0 Å². The van der Waals surface area contributed by atoms with Crippen LogP contribution >= 0.6 is 0 Å². The van der Waals surface area contributed by atoms with E-state index in [0.29, 0.717) is 6.61 Å². The molecule has 0 bridgehead atoms. The number of esters is 1. The molecular formula is C46H94O8Si4. The molecule has 0 spiro atoms. The minimum Gasteiger partial charge on any atom is -0.466 e. The Bertz CT molecular complexity index is 1220. The van der Waals surface area contributed by atoms with Gasteiger partial charge in [-0.3, -0.25) is 9.59 Å². The van der Waals surface area contributed by atoms with Crippen LogP contribution in [0.3, 0.4) is 0 Å². The number of carbonyl (C=O) groups is 2. The van der Waals surface area contributed by atoms with Crippen molar-refractivity contribution in [1.29, 1.82) is 0 Å². The predicted molar refractivity (Wildman–Crippen MR) is 257 cm³/mol. The highest BCUT2D eigenvalue weighted by Gasteiger charge is 2.46. The van der Waals surface area contributed by atoms with Crippen LogP contribution in [0.2, 0.25) is 74.0 Å². The summed E-state index contributed by atoms with van der Waals surface area (Å²) in [6, 6.07) is 8.57. The maximum absolute atomic E-state index is 15.1. The third kappa shape index (κ3) is 19.1. The molecule has 0 aromatic rings. The first kappa shape index (κ1) is 57.3. The van der Waals surface area contributed by atoms with Crippen LogP contribution < -0.4 is 0 Å². The van der Waals surface area contributed by atoms with E-state index in [2.05, 4.69) is 129 Å². The molecule has 0 saturated heterocycles. The van der Waals surface area contributed by atoms with Crippen molar-refractivity contribution in [2.75, 3.05) is 6.61 Å². The lowest BCUT2D eigenvalue weighted by atomic mass is 9.85. The standard InChI is InChI=1S/C46H94O8Si4/c1-20-56(21-2,22-3)52-44(38(12)33-40(14)51-55(17,18)19)45(53-57(23-4,24-5)25-6)43(49)34-42(48)35-46(16,54-58(26-7,27-8)28-9)39(13)32-37(11)31-36(10)29-30-50-41(15)47/h32,36,38,40,42,44-45,48H,11,20-31,33-35H2,1-10,12-19H3/b39-32+/t36-,38+,40-,42+,44-,45-,46+/m0/s1. The molecule has 0 heterocycles. The lowest BCUT2D eigenvalue weighted by Gasteiger charge is -2.44. The normalized spacial score (nSPS) is 17.5. The predicted octanol–water partition coefficient (Wildman–Crippen LogP) is 13.0. The van der Waals surface area contributed by atoms with Gasteiger partial charge in [-0.1, -0.05) is 94.4 Å². The van der Waals surface area contributed by atoms with E-state index in [0.717, 1.165) is 84.8 Å². The van der Waals surface area contributed by atoms with Gasteiger partial charge in [0.25, 0.3) is 0 Å². The average molecular weight is 888 g/mol. The van der Waals surface area contributed by atoms with Crippen molar-refractivity contribution in [2.45, 2.75) is 240 Å². The van der Waals surface area contributed by atoms with Gasteiger partial charge in [-0.25, -0.2) is 0 Å². The summed E-state index contributed by atoms with van der Waals surface area (Å²) in [5, 5.41) is 12.2. The SMILES string of the molecule is C=C(/C=C(\C)[C@@](C)(C[C@H](O)CC(=O)[C@H](O[Si](CC)(CC)CC)[C@@H](O[Si](CC)(CC)CC)[C@H](C)C[C@H](C)O[Si](C)(C)C)O[Si](CC)(CC)CC)C[C@@H](C)CCOC(C)=O. The topological polar surface area (TPSA) is 101 Å². The van der Waals surface area contributed by atoms with E-state index in [1.165, 1.54) is 6.92 Å². The second-order valence-electron chi connectivity index (χ2n) is 18.9. The summed E-state index contributed by atoms with van der Waals surface area (Å²) in [6.45, 7) is 43.6. The van der Waals surface area contributed by atoms with Gasteiger partial charge in [-0.05, 0) is 131 Å². The molecule has 0 radical (unpaired) electrons. The number of ketones is 1. The highest BCUT2D eigenvalue weighted by Crippen LogP contribution is 2.38. The highest BCUT2D eigenvalue weighted by molar-refractivity contribution is 6.74. The van der Waals surface area contributed by atoms with Gasteiger partial charge in [0.05, 0.1) is 24.4 Å². The number of aliphatic hydroxyl groups excluding tert-OH is 1. The van der Waals surface area contributed by atoms with Crippen LogP contribution in [0.15, 0.2) is 23.8 Å². The smallest absolute Gasteiger partial charge is 0.302 e. The van der Waals surface area contributed by atoms with Gasteiger partial charge in [0.1, 0.15) is 6.10 Å². The van der Waals surface area contributed by atoms with E-state index >= 15 is 4.79 Å². The van der Waals surface area contributed by atoms with Crippen molar-refractivity contribution < 1.29 is 37.1 Å². The highest BCUT2D eigenvalue weighted by atomic mass is 28.4. The quantitative estimate of drug-likeness (QED) is 0.0395. The van der Waals surface area contributed by atoms with E-state index < -0.39 is 57.2 Å². The fourth-order valence-electron chi connectivity index (χ4n) is 8.73.